The molecule has 34 heavy (non-hydrogen) atoms. The van der Waals surface area contributed by atoms with E-state index in [1.807, 2.05) is 0 Å². The second kappa shape index (κ2) is 8.93. The van der Waals surface area contributed by atoms with Crippen molar-refractivity contribution < 1.29 is 32.6 Å². The first kappa shape index (κ1) is 23.5. The highest BCUT2D eigenvalue weighted by molar-refractivity contribution is 7.89. The van der Waals surface area contributed by atoms with E-state index in [9.17, 15) is 23.1 Å². The molecular weight excluding hydrogens is 480 g/mol. The van der Waals surface area contributed by atoms with E-state index in [4.69, 9.17) is 14.6 Å². The Hall–Kier alpha value is -3.67. The molecule has 1 saturated heterocycles. The number of anilines is 1. The molecule has 1 atom stereocenters. The van der Waals surface area contributed by atoms with Crippen molar-refractivity contribution >= 4 is 44.5 Å². The molecule has 1 fully saturated rings. The van der Waals surface area contributed by atoms with Gasteiger partial charge in [-0.15, -0.1) is 11.3 Å². The number of hydrogen-bond donors (Lipinski definition) is 2. The van der Waals surface area contributed by atoms with Gasteiger partial charge < -0.3 is 14.6 Å². The standard InChI is InChI=1S/C23H20N2O7S2/c1-31-15-5-3-6-16(32-2)18(15)21(26)19-20(17-7-4-12-33-17)25(23(28)22(19)27)13-8-10-14(11-9-13)34(24,29)30/h3-12,20,26H,1-2H3,(H2,24,29,30)/b21-19+. The first-order valence-electron chi connectivity index (χ1n) is 9.87. The quantitative estimate of drug-likeness (QED) is 0.302. The van der Waals surface area contributed by atoms with Gasteiger partial charge in [-0.2, -0.15) is 0 Å². The maximum Gasteiger partial charge on any atom is 0.300 e. The molecule has 3 aromatic rings. The minimum atomic E-state index is -3.95. The normalized spacial score (nSPS) is 17.7. The largest absolute Gasteiger partial charge is 0.506 e. The molecule has 4 rings (SSSR count). The van der Waals surface area contributed by atoms with Crippen LogP contribution in [0.1, 0.15) is 16.5 Å². The number of ether oxygens (including phenoxy) is 2. The van der Waals surface area contributed by atoms with E-state index in [0.29, 0.717) is 4.88 Å². The van der Waals surface area contributed by atoms with Gasteiger partial charge in [-0.25, -0.2) is 13.6 Å². The molecule has 3 N–H and O–H groups in total. The number of carbonyl (C=O) groups is 2. The lowest BCUT2D eigenvalue weighted by Crippen LogP contribution is -2.29. The van der Waals surface area contributed by atoms with Crippen LogP contribution in [-0.2, 0) is 19.6 Å². The first-order valence-corrected chi connectivity index (χ1v) is 12.3. The highest BCUT2D eigenvalue weighted by atomic mass is 32.2. The smallest absolute Gasteiger partial charge is 0.300 e. The average Bonchev–Trinajstić information content (AvgIpc) is 3.44. The third-order valence-corrected chi connectivity index (χ3v) is 7.22. The van der Waals surface area contributed by atoms with E-state index in [1.165, 1.54) is 54.7 Å². The molecule has 1 aliphatic rings. The van der Waals surface area contributed by atoms with Crippen molar-refractivity contribution in [2.45, 2.75) is 10.9 Å². The van der Waals surface area contributed by atoms with Gasteiger partial charge in [-0.3, -0.25) is 14.5 Å². The number of benzene rings is 2. The summed E-state index contributed by atoms with van der Waals surface area (Å²) in [6.45, 7) is 0. The van der Waals surface area contributed by atoms with Crippen molar-refractivity contribution in [3.63, 3.8) is 0 Å². The van der Waals surface area contributed by atoms with Crippen LogP contribution in [0.4, 0.5) is 5.69 Å². The summed E-state index contributed by atoms with van der Waals surface area (Å²) in [7, 11) is -1.12. The summed E-state index contributed by atoms with van der Waals surface area (Å²) in [5.74, 6) is -1.72. The van der Waals surface area contributed by atoms with E-state index in [-0.39, 0.29) is 33.2 Å². The number of amides is 1. The number of carbonyl (C=O) groups excluding carboxylic acids is 2. The van der Waals surface area contributed by atoms with Crippen LogP contribution < -0.4 is 19.5 Å². The molecule has 1 unspecified atom stereocenters. The van der Waals surface area contributed by atoms with E-state index in [1.54, 1.807) is 35.7 Å². The number of aliphatic hydroxyl groups excluding tert-OH is 1. The fourth-order valence-electron chi connectivity index (χ4n) is 3.83. The summed E-state index contributed by atoms with van der Waals surface area (Å²) in [6, 6.07) is 12.7. The van der Waals surface area contributed by atoms with E-state index >= 15 is 0 Å². The number of ketones is 1. The van der Waals surface area contributed by atoms with Gasteiger partial charge in [0.25, 0.3) is 11.7 Å². The highest BCUT2D eigenvalue weighted by Crippen LogP contribution is 2.46. The molecule has 0 radical (unpaired) electrons. The minimum absolute atomic E-state index is 0.136. The van der Waals surface area contributed by atoms with Gasteiger partial charge in [-0.1, -0.05) is 12.1 Å². The van der Waals surface area contributed by atoms with Gasteiger partial charge in [0.15, 0.2) is 0 Å². The number of thiophene rings is 1. The monoisotopic (exact) mass is 500 g/mol. The number of rotatable bonds is 6. The molecule has 1 aliphatic heterocycles. The Labute approximate surface area is 199 Å². The van der Waals surface area contributed by atoms with Gasteiger partial charge in [0.2, 0.25) is 10.0 Å². The zero-order chi connectivity index (χ0) is 24.6. The predicted molar refractivity (Wildman–Crippen MR) is 126 cm³/mol. The maximum absolute atomic E-state index is 13.2. The molecule has 0 spiro atoms. The lowest BCUT2D eigenvalue weighted by atomic mass is 9.98. The Balaban J connectivity index is 1.95. The van der Waals surface area contributed by atoms with Gasteiger partial charge in [0, 0.05) is 10.6 Å². The third kappa shape index (κ3) is 3.94. The molecule has 0 bridgehead atoms. The highest BCUT2D eigenvalue weighted by Gasteiger charge is 2.48. The lowest BCUT2D eigenvalue weighted by Gasteiger charge is -2.24. The summed E-state index contributed by atoms with van der Waals surface area (Å²) in [6.07, 6.45) is 0. The molecule has 1 amide bonds. The van der Waals surface area contributed by atoms with Crippen molar-refractivity contribution in [1.82, 2.24) is 0 Å². The Morgan fingerprint density at radius 3 is 2.12 bits per heavy atom. The molecule has 2 aromatic carbocycles. The molecule has 9 nitrogen and oxygen atoms in total. The molecule has 176 valence electrons. The lowest BCUT2D eigenvalue weighted by molar-refractivity contribution is -0.132. The van der Waals surface area contributed by atoms with Crippen LogP contribution in [0.25, 0.3) is 5.76 Å². The van der Waals surface area contributed by atoms with Crippen molar-refractivity contribution in [2.24, 2.45) is 5.14 Å². The van der Waals surface area contributed by atoms with Gasteiger partial charge in [-0.05, 0) is 47.8 Å². The number of Topliss-reactive ketones (excluding diaryl/α,β-unsaturated/α-hetero) is 1. The topological polar surface area (TPSA) is 136 Å². The summed E-state index contributed by atoms with van der Waals surface area (Å²) < 4.78 is 34.0. The molecule has 1 aromatic heterocycles. The third-order valence-electron chi connectivity index (χ3n) is 5.37. The van der Waals surface area contributed by atoms with E-state index in [2.05, 4.69) is 0 Å². The zero-order valence-electron chi connectivity index (χ0n) is 18.1. The zero-order valence-corrected chi connectivity index (χ0v) is 19.7. The number of methoxy groups -OCH3 is 2. The molecule has 0 saturated carbocycles. The number of sulfonamides is 1. The Kier molecular flexibility index (Phi) is 6.17. The van der Waals surface area contributed by atoms with Crippen molar-refractivity contribution in [1.29, 1.82) is 0 Å². The van der Waals surface area contributed by atoms with Crippen LogP contribution in [0.5, 0.6) is 11.5 Å². The number of aliphatic hydroxyl groups is 1. The first-order chi connectivity index (χ1) is 16.2. The van der Waals surface area contributed by atoms with Crippen LogP contribution >= 0.6 is 11.3 Å². The van der Waals surface area contributed by atoms with Crippen LogP contribution in [0.2, 0.25) is 0 Å². The second-order valence-electron chi connectivity index (χ2n) is 7.26. The van der Waals surface area contributed by atoms with Crippen molar-refractivity contribution in [3.05, 3.63) is 76.0 Å². The molecule has 11 heteroatoms. The van der Waals surface area contributed by atoms with Crippen LogP contribution in [0.15, 0.2) is 70.4 Å². The summed E-state index contributed by atoms with van der Waals surface area (Å²) >= 11 is 1.30. The van der Waals surface area contributed by atoms with Gasteiger partial charge in [0.05, 0.1) is 24.7 Å². The Bertz CT molecular complexity index is 1370. The number of nitrogens with zero attached hydrogens (tertiary/aromatic N) is 1. The minimum Gasteiger partial charge on any atom is -0.506 e. The van der Waals surface area contributed by atoms with Crippen LogP contribution in [0, 0.1) is 0 Å². The SMILES string of the molecule is COc1cccc(OC)c1/C(O)=C1\C(=O)C(=O)N(c2ccc(S(N)(=O)=O)cc2)C1c1cccs1. The maximum atomic E-state index is 13.2. The second-order valence-corrected chi connectivity index (χ2v) is 9.80. The molecular formula is C23H20N2O7S2. The number of primary sulfonamides is 1. The number of nitrogens with two attached hydrogens (primary N) is 1. The summed E-state index contributed by atoms with van der Waals surface area (Å²) in [4.78, 5) is 28.1. The van der Waals surface area contributed by atoms with Gasteiger partial charge in [0.1, 0.15) is 28.9 Å². The van der Waals surface area contributed by atoms with E-state index in [0.717, 1.165) is 0 Å². The molecule has 2 heterocycles. The fourth-order valence-corrected chi connectivity index (χ4v) is 5.17. The predicted octanol–water partition coefficient (Wildman–Crippen LogP) is 3.04. The van der Waals surface area contributed by atoms with Crippen molar-refractivity contribution in [3.8, 4) is 11.5 Å². The number of hydrogen-bond acceptors (Lipinski definition) is 8. The molecule has 0 aliphatic carbocycles. The van der Waals surface area contributed by atoms with Crippen LogP contribution in [0.3, 0.4) is 0 Å². The van der Waals surface area contributed by atoms with Crippen molar-refractivity contribution in [2.75, 3.05) is 19.1 Å². The van der Waals surface area contributed by atoms with E-state index < -0.39 is 33.5 Å². The van der Waals surface area contributed by atoms with Crippen LogP contribution in [-0.4, -0.2) is 39.4 Å². The fraction of sp³-hybridized carbons (Fsp3) is 0.130. The van der Waals surface area contributed by atoms with Gasteiger partial charge >= 0.3 is 0 Å². The summed E-state index contributed by atoms with van der Waals surface area (Å²) in [5.41, 5.74) is 0.251. The Morgan fingerprint density at radius 2 is 1.62 bits per heavy atom. The average molecular weight is 501 g/mol. The summed E-state index contributed by atoms with van der Waals surface area (Å²) in [5, 5.41) is 18.3. The Morgan fingerprint density at radius 1 is 1.00 bits per heavy atom.